The number of carbonyl (C=O) groups is 2. The first-order chi connectivity index (χ1) is 17.7. The molecule has 0 aromatic heterocycles. The lowest BCUT2D eigenvalue weighted by Gasteiger charge is -2.25. The highest BCUT2D eigenvalue weighted by Crippen LogP contribution is 2.40. The predicted molar refractivity (Wildman–Crippen MR) is 132 cm³/mol. The quantitative estimate of drug-likeness (QED) is 0.158. The van der Waals surface area contributed by atoms with Gasteiger partial charge in [0, 0.05) is 24.2 Å². The van der Waals surface area contributed by atoms with Crippen molar-refractivity contribution in [3.05, 3.63) is 105 Å². The molecule has 0 bridgehead atoms. The number of carbonyl (C=O) groups excluding carboxylic acids is 2. The molecule has 1 aliphatic rings. The SMILES string of the molecule is COc1ccc(CCN2C(=O)C(=O)C(=C(O)c3ccc(F)cc3)[C@H]2c2ccc([N+](=O)[O-])cc2)cc1OC. The van der Waals surface area contributed by atoms with Crippen LogP contribution in [-0.4, -0.2) is 47.4 Å². The van der Waals surface area contributed by atoms with Gasteiger partial charge < -0.3 is 19.5 Å². The van der Waals surface area contributed by atoms with Crippen LogP contribution in [0.3, 0.4) is 0 Å². The van der Waals surface area contributed by atoms with Crippen LogP contribution in [0.25, 0.3) is 5.76 Å². The second-order valence-corrected chi connectivity index (χ2v) is 8.29. The molecule has 1 fully saturated rings. The summed E-state index contributed by atoms with van der Waals surface area (Å²) in [6, 6.07) is 14.5. The molecule has 1 atom stereocenters. The van der Waals surface area contributed by atoms with E-state index in [1.54, 1.807) is 18.2 Å². The standard InChI is InChI=1S/C27H23FN2O7/c1-36-21-12-3-16(15-22(21)37-2)13-14-29-24(17-6-10-20(11-7-17)30(34)35)23(26(32)27(29)33)25(31)18-4-8-19(28)9-5-18/h3-12,15,24,31H,13-14H2,1-2H3/t24-/m1/s1. The Kier molecular flexibility index (Phi) is 7.19. The van der Waals surface area contributed by atoms with Crippen molar-refractivity contribution in [2.24, 2.45) is 0 Å². The Morgan fingerprint density at radius 1 is 1.00 bits per heavy atom. The van der Waals surface area contributed by atoms with Crippen molar-refractivity contribution in [3.63, 3.8) is 0 Å². The van der Waals surface area contributed by atoms with Crippen molar-refractivity contribution in [2.75, 3.05) is 20.8 Å². The lowest BCUT2D eigenvalue weighted by atomic mass is 9.95. The van der Waals surface area contributed by atoms with Gasteiger partial charge in [0.25, 0.3) is 17.4 Å². The maximum absolute atomic E-state index is 13.4. The first-order valence-electron chi connectivity index (χ1n) is 11.2. The van der Waals surface area contributed by atoms with Crippen LogP contribution in [0, 0.1) is 15.9 Å². The molecular formula is C27H23FN2O7. The van der Waals surface area contributed by atoms with Crippen LogP contribution in [0.4, 0.5) is 10.1 Å². The molecule has 1 saturated heterocycles. The van der Waals surface area contributed by atoms with E-state index < -0.39 is 34.2 Å². The maximum atomic E-state index is 13.4. The lowest BCUT2D eigenvalue weighted by molar-refractivity contribution is -0.384. The van der Waals surface area contributed by atoms with Gasteiger partial charge in [-0.15, -0.1) is 0 Å². The van der Waals surface area contributed by atoms with Gasteiger partial charge >= 0.3 is 0 Å². The molecule has 0 saturated carbocycles. The Bertz CT molecular complexity index is 1380. The molecule has 1 amide bonds. The van der Waals surface area contributed by atoms with Gasteiger partial charge in [-0.05, 0) is 66.1 Å². The molecule has 37 heavy (non-hydrogen) atoms. The number of ketones is 1. The maximum Gasteiger partial charge on any atom is 0.295 e. The molecule has 10 heteroatoms. The summed E-state index contributed by atoms with van der Waals surface area (Å²) in [6.45, 7) is 0.0991. The summed E-state index contributed by atoms with van der Waals surface area (Å²) in [4.78, 5) is 38.1. The van der Waals surface area contributed by atoms with Gasteiger partial charge in [0.05, 0.1) is 30.8 Å². The van der Waals surface area contributed by atoms with Gasteiger partial charge in [-0.1, -0.05) is 6.07 Å². The Morgan fingerprint density at radius 3 is 2.24 bits per heavy atom. The van der Waals surface area contributed by atoms with Crippen molar-refractivity contribution >= 4 is 23.1 Å². The molecule has 0 radical (unpaired) electrons. The summed E-state index contributed by atoms with van der Waals surface area (Å²) in [5.74, 6) is -1.68. The van der Waals surface area contributed by atoms with E-state index >= 15 is 0 Å². The number of ether oxygens (including phenoxy) is 2. The summed E-state index contributed by atoms with van der Waals surface area (Å²) in [5, 5.41) is 22.2. The number of rotatable bonds is 8. The van der Waals surface area contributed by atoms with Gasteiger partial charge in [-0.3, -0.25) is 19.7 Å². The van der Waals surface area contributed by atoms with E-state index in [0.717, 1.165) is 17.7 Å². The smallest absolute Gasteiger partial charge is 0.295 e. The number of amides is 1. The normalized spacial score (nSPS) is 16.6. The molecule has 9 nitrogen and oxygen atoms in total. The van der Waals surface area contributed by atoms with Crippen molar-refractivity contribution in [2.45, 2.75) is 12.5 Å². The van der Waals surface area contributed by atoms with E-state index in [9.17, 15) is 29.2 Å². The highest BCUT2D eigenvalue weighted by atomic mass is 19.1. The number of aliphatic hydroxyl groups is 1. The largest absolute Gasteiger partial charge is 0.507 e. The van der Waals surface area contributed by atoms with Crippen LogP contribution in [0.2, 0.25) is 0 Å². The zero-order chi connectivity index (χ0) is 26.7. The highest BCUT2D eigenvalue weighted by Gasteiger charge is 2.46. The molecule has 0 aliphatic carbocycles. The van der Waals surface area contributed by atoms with E-state index in [2.05, 4.69) is 0 Å². The Morgan fingerprint density at radius 2 is 1.65 bits per heavy atom. The number of nitro groups is 1. The zero-order valence-corrected chi connectivity index (χ0v) is 20.0. The van der Waals surface area contributed by atoms with Crippen molar-refractivity contribution in [1.82, 2.24) is 4.90 Å². The summed E-state index contributed by atoms with van der Waals surface area (Å²) in [7, 11) is 3.02. The number of Topliss-reactive ketones (excluding diaryl/α,β-unsaturated/α-hetero) is 1. The van der Waals surface area contributed by atoms with E-state index in [1.165, 1.54) is 55.5 Å². The number of likely N-dealkylation sites (tertiary alicyclic amines) is 1. The Hall–Kier alpha value is -4.73. The van der Waals surface area contributed by atoms with Gasteiger partial charge in [0.1, 0.15) is 11.6 Å². The molecule has 4 rings (SSSR count). The van der Waals surface area contributed by atoms with Crippen LogP contribution < -0.4 is 9.47 Å². The minimum atomic E-state index is -1.01. The predicted octanol–water partition coefficient (Wildman–Crippen LogP) is 4.42. The summed E-state index contributed by atoms with van der Waals surface area (Å²) < 4.78 is 24.0. The van der Waals surface area contributed by atoms with Gasteiger partial charge in [-0.2, -0.15) is 0 Å². The molecule has 1 aliphatic heterocycles. The van der Waals surface area contributed by atoms with Crippen LogP contribution in [0.1, 0.15) is 22.7 Å². The second kappa shape index (κ2) is 10.5. The van der Waals surface area contributed by atoms with Gasteiger partial charge in [0.15, 0.2) is 11.5 Å². The summed E-state index contributed by atoms with van der Waals surface area (Å²) in [6.07, 6.45) is 0.341. The van der Waals surface area contributed by atoms with Crippen LogP contribution in [-0.2, 0) is 16.0 Å². The Balaban J connectivity index is 1.75. The van der Waals surface area contributed by atoms with Crippen molar-refractivity contribution in [3.8, 4) is 11.5 Å². The molecule has 190 valence electrons. The first-order valence-corrected chi connectivity index (χ1v) is 11.2. The third-order valence-corrected chi connectivity index (χ3v) is 6.17. The second-order valence-electron chi connectivity index (χ2n) is 8.29. The molecule has 1 heterocycles. The number of nitro benzene ring substituents is 1. The minimum Gasteiger partial charge on any atom is -0.507 e. The summed E-state index contributed by atoms with van der Waals surface area (Å²) in [5.41, 5.74) is 1.02. The number of hydrogen-bond donors (Lipinski definition) is 1. The number of hydrogen-bond acceptors (Lipinski definition) is 7. The van der Waals surface area contributed by atoms with Crippen LogP contribution in [0.5, 0.6) is 11.5 Å². The van der Waals surface area contributed by atoms with Crippen LogP contribution in [0.15, 0.2) is 72.3 Å². The van der Waals surface area contributed by atoms with Crippen molar-refractivity contribution < 1.29 is 33.5 Å². The third-order valence-electron chi connectivity index (χ3n) is 6.17. The lowest BCUT2D eigenvalue weighted by Crippen LogP contribution is -2.31. The van der Waals surface area contributed by atoms with E-state index in [4.69, 9.17) is 9.47 Å². The molecule has 1 N–H and O–H groups in total. The third kappa shape index (κ3) is 4.99. The average molecular weight is 506 g/mol. The molecule has 3 aromatic carbocycles. The zero-order valence-electron chi connectivity index (χ0n) is 20.0. The monoisotopic (exact) mass is 506 g/mol. The summed E-state index contributed by atoms with van der Waals surface area (Å²) >= 11 is 0. The van der Waals surface area contributed by atoms with Gasteiger partial charge in [0.2, 0.25) is 0 Å². The molecule has 3 aromatic rings. The number of benzene rings is 3. The molecular weight excluding hydrogens is 483 g/mol. The fraction of sp³-hybridized carbons (Fsp3) is 0.185. The van der Waals surface area contributed by atoms with E-state index in [1.807, 2.05) is 0 Å². The Labute approximate surface area is 211 Å². The first kappa shape index (κ1) is 25.4. The number of methoxy groups -OCH3 is 2. The molecule has 0 unspecified atom stereocenters. The fourth-order valence-corrected chi connectivity index (χ4v) is 4.28. The van der Waals surface area contributed by atoms with Gasteiger partial charge in [-0.25, -0.2) is 4.39 Å². The average Bonchev–Trinajstić information content (AvgIpc) is 3.16. The van der Waals surface area contributed by atoms with E-state index in [-0.39, 0.29) is 23.4 Å². The number of aliphatic hydroxyl groups excluding tert-OH is 1. The van der Waals surface area contributed by atoms with E-state index in [0.29, 0.717) is 23.5 Å². The topological polar surface area (TPSA) is 119 Å². The van der Waals surface area contributed by atoms with Crippen LogP contribution >= 0.6 is 0 Å². The minimum absolute atomic E-state index is 0.0991. The number of non-ortho nitro benzene ring substituents is 1. The fourth-order valence-electron chi connectivity index (χ4n) is 4.28. The number of halogens is 1. The number of nitrogens with zero attached hydrogens (tertiary/aromatic N) is 2. The van der Waals surface area contributed by atoms with Crippen molar-refractivity contribution in [1.29, 1.82) is 0 Å². The molecule has 0 spiro atoms. The highest BCUT2D eigenvalue weighted by molar-refractivity contribution is 6.46.